The second-order valence-corrected chi connectivity index (χ2v) is 16.0. The molecule has 17 heteroatoms. The summed E-state index contributed by atoms with van der Waals surface area (Å²) in [6.45, 7) is 5.19. The molecule has 5 rings (SSSR count). The molecule has 17 nitrogen and oxygen atoms in total. The number of H-pyrrole nitrogens is 1. The zero-order chi connectivity index (χ0) is 45.5. The van der Waals surface area contributed by atoms with E-state index in [4.69, 9.17) is 10.5 Å². The number of aromatic amines is 1. The van der Waals surface area contributed by atoms with Crippen molar-refractivity contribution in [3.63, 3.8) is 0 Å². The maximum atomic E-state index is 14.2. The van der Waals surface area contributed by atoms with Gasteiger partial charge in [-0.2, -0.15) is 0 Å². The summed E-state index contributed by atoms with van der Waals surface area (Å²) in [5.74, 6) is -4.97. The normalized spacial score (nSPS) is 13.1. The number of hydrogen-bond donors (Lipinski definition) is 9. The van der Waals surface area contributed by atoms with Gasteiger partial charge in [-0.05, 0) is 68.7 Å². The largest absolute Gasteiger partial charge is 0.481 e. The number of aromatic nitrogens is 1. The fourth-order valence-corrected chi connectivity index (χ4v) is 6.90. The Bertz CT molecular complexity index is 2410. The van der Waals surface area contributed by atoms with Crippen LogP contribution in [-0.4, -0.2) is 88.1 Å². The summed E-state index contributed by atoms with van der Waals surface area (Å²) in [4.78, 5) is 95.3. The number of anilines is 1. The van der Waals surface area contributed by atoms with E-state index >= 15 is 0 Å². The number of carbonyl (C=O) groups is 7. The molecule has 7 amide bonds. The first-order chi connectivity index (χ1) is 30.1. The van der Waals surface area contributed by atoms with Crippen LogP contribution < -0.4 is 37.6 Å². The third kappa shape index (κ3) is 14.3. The third-order valence-electron chi connectivity index (χ3n) is 9.94. The number of amides is 7. The van der Waals surface area contributed by atoms with Gasteiger partial charge in [-0.25, -0.2) is 9.59 Å². The van der Waals surface area contributed by atoms with Gasteiger partial charge in [-0.15, -0.1) is 0 Å². The zero-order valence-electron chi connectivity index (χ0n) is 35.4. The van der Waals surface area contributed by atoms with Gasteiger partial charge >= 0.3 is 18.1 Å². The highest BCUT2D eigenvalue weighted by molar-refractivity contribution is 6.01. The van der Waals surface area contributed by atoms with E-state index in [-0.39, 0.29) is 32.2 Å². The minimum atomic E-state index is -1.69. The summed E-state index contributed by atoms with van der Waals surface area (Å²) >= 11 is 0. The number of hydrogen-bond acceptors (Lipinski definition) is 8. The fourth-order valence-electron chi connectivity index (χ4n) is 6.90. The Balaban J connectivity index is 1.32. The lowest BCUT2D eigenvalue weighted by Crippen LogP contribution is -2.59. The number of fused-ring (bicyclic) bond motifs is 2. The Morgan fingerprint density at radius 1 is 0.683 bits per heavy atom. The Morgan fingerprint density at radius 3 is 2.02 bits per heavy atom. The molecule has 0 bridgehead atoms. The highest BCUT2D eigenvalue weighted by Crippen LogP contribution is 2.23. The molecule has 4 atom stereocenters. The van der Waals surface area contributed by atoms with Crippen LogP contribution >= 0.6 is 0 Å². The molecule has 0 radical (unpaired) electrons. The maximum absolute atomic E-state index is 14.2. The van der Waals surface area contributed by atoms with Gasteiger partial charge < -0.3 is 52.5 Å². The van der Waals surface area contributed by atoms with Crippen molar-refractivity contribution in [2.24, 2.45) is 5.73 Å². The molecule has 5 aromatic rings. The number of unbranched alkanes of at least 4 members (excludes halogenated alkanes) is 1. The van der Waals surface area contributed by atoms with Gasteiger partial charge in [0.25, 0.3) is 0 Å². The minimum absolute atomic E-state index is 0.00476. The number of rotatable bonds is 20. The lowest BCUT2D eigenvalue weighted by atomic mass is 10.0. The molecule has 0 spiro atoms. The maximum Gasteiger partial charge on any atom is 0.408 e. The van der Waals surface area contributed by atoms with Gasteiger partial charge in [0.1, 0.15) is 29.8 Å². The van der Waals surface area contributed by atoms with Crippen LogP contribution in [0.25, 0.3) is 21.7 Å². The number of nitrogens with one attached hydrogen (secondary N) is 7. The molecule has 332 valence electrons. The van der Waals surface area contributed by atoms with E-state index < -0.39 is 77.9 Å². The van der Waals surface area contributed by atoms with E-state index in [9.17, 15) is 38.7 Å². The Hall–Kier alpha value is -7.43. The molecule has 0 fully saturated rings. The van der Waals surface area contributed by atoms with E-state index in [0.29, 0.717) is 23.2 Å². The van der Waals surface area contributed by atoms with Gasteiger partial charge in [0, 0.05) is 41.9 Å². The number of para-hydroxylation sites is 1. The number of carboxylic acid groups (broad SMARTS) is 1. The number of urea groups is 1. The summed E-state index contributed by atoms with van der Waals surface area (Å²) in [7, 11) is 0. The number of carbonyl (C=O) groups excluding carboxylic acids is 6. The first-order valence-electron chi connectivity index (χ1n) is 20.6. The van der Waals surface area contributed by atoms with Crippen molar-refractivity contribution in [1.82, 2.24) is 31.6 Å². The van der Waals surface area contributed by atoms with Crippen LogP contribution in [0.3, 0.4) is 0 Å². The summed E-state index contributed by atoms with van der Waals surface area (Å²) in [6, 6.07) is 23.2. The molecule has 0 saturated carbocycles. The lowest BCUT2D eigenvalue weighted by molar-refractivity contribution is -0.141. The van der Waals surface area contributed by atoms with Crippen molar-refractivity contribution in [1.29, 1.82) is 0 Å². The Kier molecular flexibility index (Phi) is 16.2. The van der Waals surface area contributed by atoms with Gasteiger partial charge in [0.05, 0.1) is 12.1 Å². The third-order valence-corrected chi connectivity index (χ3v) is 9.94. The van der Waals surface area contributed by atoms with E-state index in [1.165, 1.54) is 0 Å². The van der Waals surface area contributed by atoms with Crippen molar-refractivity contribution in [2.45, 2.75) is 89.1 Å². The summed E-state index contributed by atoms with van der Waals surface area (Å²) < 4.78 is 5.46. The lowest BCUT2D eigenvalue weighted by Gasteiger charge is -2.27. The van der Waals surface area contributed by atoms with Gasteiger partial charge in [0.15, 0.2) is 0 Å². The van der Waals surface area contributed by atoms with E-state index in [1.54, 1.807) is 63.4 Å². The van der Waals surface area contributed by atoms with Crippen LogP contribution in [0.2, 0.25) is 0 Å². The monoisotopic (exact) mass is 862 g/mol. The van der Waals surface area contributed by atoms with Gasteiger partial charge in [-0.3, -0.25) is 24.0 Å². The van der Waals surface area contributed by atoms with Crippen molar-refractivity contribution in [2.75, 3.05) is 11.9 Å². The molecule has 0 aliphatic rings. The molecule has 63 heavy (non-hydrogen) atoms. The van der Waals surface area contributed by atoms with E-state index in [1.807, 2.05) is 60.7 Å². The van der Waals surface area contributed by atoms with Gasteiger partial charge in [0.2, 0.25) is 23.6 Å². The van der Waals surface area contributed by atoms with Crippen LogP contribution in [0, 0.1) is 0 Å². The standard InChI is InChI=1S/C46H54N8O9/c1-46(2,3)63-45(62)54-37(25-30-27-49-33-20-10-9-19-32(30)33)42(59)50-35(21-11-12-23-48-44(61)53-34-22-13-17-29-16-7-8-18-31(29)34)41(58)52-38(26-39(55)56)43(60)51-36(40(47)57)24-28-14-5-4-6-15-28/h4-10,13-20,22,27,35-38,49H,11-12,21,23-26H2,1-3H3,(H2,47,57)(H,50,59)(H,51,60)(H,52,58)(H,54,62)(H,55,56)(H2,48,53,61)/t35-,36-,37-,38-/m0/s1. The minimum Gasteiger partial charge on any atom is -0.481 e. The van der Waals surface area contributed by atoms with E-state index in [2.05, 4.69) is 36.9 Å². The average molecular weight is 863 g/mol. The highest BCUT2D eigenvalue weighted by Gasteiger charge is 2.33. The number of primary amides is 1. The topological polar surface area (TPSA) is 263 Å². The first kappa shape index (κ1) is 46.6. The molecule has 1 aromatic heterocycles. The number of benzene rings is 4. The van der Waals surface area contributed by atoms with Crippen LogP contribution in [0.5, 0.6) is 0 Å². The second kappa shape index (κ2) is 21.9. The predicted molar refractivity (Wildman–Crippen MR) is 237 cm³/mol. The van der Waals surface area contributed by atoms with Crippen LogP contribution in [0.1, 0.15) is 57.6 Å². The van der Waals surface area contributed by atoms with Gasteiger partial charge in [-0.1, -0.05) is 84.9 Å². The molecular formula is C46H54N8O9. The molecule has 1 heterocycles. The molecule has 0 aliphatic heterocycles. The molecule has 4 aromatic carbocycles. The smallest absolute Gasteiger partial charge is 0.408 e. The first-order valence-corrected chi connectivity index (χ1v) is 20.6. The van der Waals surface area contributed by atoms with Crippen LogP contribution in [-0.2, 0) is 41.6 Å². The SMILES string of the molecule is CC(C)(C)OC(=O)N[C@@H](Cc1c[nH]c2ccccc12)C(=O)N[C@@H](CCCCNC(=O)Nc1cccc2ccccc12)C(=O)N[C@@H](CC(=O)O)C(=O)N[C@@H](Cc1ccccc1)C(N)=O. The molecule has 0 aliphatic carbocycles. The summed E-state index contributed by atoms with van der Waals surface area (Å²) in [6.07, 6.45) is 0.524. The number of carboxylic acids is 1. The number of alkyl carbamates (subject to hydrolysis) is 1. The molecule has 10 N–H and O–H groups in total. The molecular weight excluding hydrogens is 809 g/mol. The molecule has 0 saturated heterocycles. The molecule has 0 unspecified atom stereocenters. The van der Waals surface area contributed by atoms with Crippen molar-refractivity contribution >= 4 is 69.1 Å². The zero-order valence-corrected chi connectivity index (χ0v) is 35.4. The van der Waals surface area contributed by atoms with Crippen molar-refractivity contribution < 1.29 is 43.4 Å². The fraction of sp³-hybridized carbons (Fsp3) is 0.326. The Labute approximate surface area is 364 Å². The summed E-state index contributed by atoms with van der Waals surface area (Å²) in [5.41, 5.74) is 7.47. The van der Waals surface area contributed by atoms with Crippen molar-refractivity contribution in [3.8, 4) is 0 Å². The average Bonchev–Trinajstić information content (AvgIpc) is 3.64. The second-order valence-electron chi connectivity index (χ2n) is 16.0. The number of nitrogens with two attached hydrogens (primary N) is 1. The Morgan fingerprint density at radius 2 is 1.30 bits per heavy atom. The van der Waals surface area contributed by atoms with E-state index in [0.717, 1.165) is 21.7 Å². The number of aliphatic carboxylic acids is 1. The van der Waals surface area contributed by atoms with Crippen molar-refractivity contribution in [3.05, 3.63) is 114 Å². The quantitative estimate of drug-likeness (QED) is 0.0502. The highest BCUT2D eigenvalue weighted by atomic mass is 16.6. The van der Waals surface area contributed by atoms with Crippen LogP contribution in [0.15, 0.2) is 103 Å². The predicted octanol–water partition coefficient (Wildman–Crippen LogP) is 4.41. The number of ether oxygens (including phenoxy) is 1. The summed E-state index contributed by atoms with van der Waals surface area (Å²) in [5, 5.41) is 28.2. The van der Waals surface area contributed by atoms with Crippen LogP contribution in [0.4, 0.5) is 15.3 Å².